The van der Waals surface area contributed by atoms with Crippen molar-refractivity contribution in [3.05, 3.63) is 29.3 Å². The van der Waals surface area contributed by atoms with Crippen LogP contribution in [-0.2, 0) is 11.3 Å². The van der Waals surface area contributed by atoms with Gasteiger partial charge < -0.3 is 15.0 Å². The molecule has 0 aliphatic carbocycles. The second-order valence-corrected chi connectivity index (χ2v) is 5.69. The maximum absolute atomic E-state index is 5.46. The van der Waals surface area contributed by atoms with Crippen molar-refractivity contribution in [3.63, 3.8) is 0 Å². The summed E-state index contributed by atoms with van der Waals surface area (Å²) in [4.78, 5) is 5.00. The quantitative estimate of drug-likeness (QED) is 0.898. The monoisotopic (exact) mass is 275 g/mol. The van der Waals surface area contributed by atoms with Crippen LogP contribution >= 0.6 is 0 Å². The first-order valence-corrected chi connectivity index (χ1v) is 7.69. The highest BCUT2D eigenvalue weighted by Crippen LogP contribution is 2.25. The van der Waals surface area contributed by atoms with Gasteiger partial charge in [0.15, 0.2) is 0 Å². The maximum atomic E-state index is 5.46. The lowest BCUT2D eigenvalue weighted by Crippen LogP contribution is -2.43. The lowest BCUT2D eigenvalue weighted by Gasteiger charge is -2.32. The number of anilines is 1. The van der Waals surface area contributed by atoms with Crippen molar-refractivity contribution < 1.29 is 4.74 Å². The Morgan fingerprint density at radius 2 is 1.85 bits per heavy atom. The van der Waals surface area contributed by atoms with E-state index in [0.29, 0.717) is 0 Å². The fourth-order valence-electron chi connectivity index (χ4n) is 3.10. The van der Waals surface area contributed by atoms with Gasteiger partial charge in [-0.3, -0.25) is 4.90 Å². The molecule has 0 aromatic heterocycles. The van der Waals surface area contributed by atoms with Crippen LogP contribution in [0.3, 0.4) is 0 Å². The van der Waals surface area contributed by atoms with E-state index < -0.39 is 0 Å². The summed E-state index contributed by atoms with van der Waals surface area (Å²) in [5, 5.41) is 3.41. The van der Waals surface area contributed by atoms with E-state index in [-0.39, 0.29) is 0 Å². The number of piperazine rings is 1. The maximum Gasteiger partial charge on any atom is 0.0642 e. The highest BCUT2D eigenvalue weighted by molar-refractivity contribution is 5.56. The standard InChI is InChI=1S/C16H25N3O/c1-14-15(13-18-7-5-17-6-8-18)3-2-4-16(14)19-9-11-20-12-10-19/h2-4,17H,5-13H2,1H3. The van der Waals surface area contributed by atoms with Crippen LogP contribution in [0.15, 0.2) is 18.2 Å². The van der Waals surface area contributed by atoms with Gasteiger partial charge in [0.2, 0.25) is 0 Å². The second-order valence-electron chi connectivity index (χ2n) is 5.69. The number of hydrogen-bond donors (Lipinski definition) is 1. The summed E-state index contributed by atoms with van der Waals surface area (Å²) in [6, 6.07) is 6.73. The van der Waals surface area contributed by atoms with Gasteiger partial charge in [-0.25, -0.2) is 0 Å². The van der Waals surface area contributed by atoms with Gasteiger partial charge in [-0.05, 0) is 24.1 Å². The Labute approximate surface area is 121 Å². The molecule has 1 aromatic carbocycles. The number of morpholine rings is 1. The summed E-state index contributed by atoms with van der Waals surface area (Å²) < 4.78 is 5.46. The van der Waals surface area contributed by atoms with E-state index in [0.717, 1.165) is 59.0 Å². The summed E-state index contributed by atoms with van der Waals surface area (Å²) in [6.07, 6.45) is 0. The van der Waals surface area contributed by atoms with Crippen LogP contribution in [0.5, 0.6) is 0 Å². The summed E-state index contributed by atoms with van der Waals surface area (Å²) in [7, 11) is 0. The lowest BCUT2D eigenvalue weighted by atomic mass is 10.0. The minimum Gasteiger partial charge on any atom is -0.378 e. The van der Waals surface area contributed by atoms with Crippen molar-refractivity contribution in [1.82, 2.24) is 10.2 Å². The summed E-state index contributed by atoms with van der Waals surface area (Å²) in [5.41, 5.74) is 4.30. The van der Waals surface area contributed by atoms with Gasteiger partial charge in [-0.2, -0.15) is 0 Å². The predicted octanol–water partition coefficient (Wildman–Crippen LogP) is 1.24. The number of benzene rings is 1. The van der Waals surface area contributed by atoms with Crippen LogP contribution in [0.2, 0.25) is 0 Å². The molecule has 2 heterocycles. The molecule has 20 heavy (non-hydrogen) atoms. The zero-order valence-corrected chi connectivity index (χ0v) is 12.4. The Morgan fingerprint density at radius 1 is 1.10 bits per heavy atom. The summed E-state index contributed by atoms with van der Waals surface area (Å²) in [6.45, 7) is 11.6. The van der Waals surface area contributed by atoms with Crippen LogP contribution < -0.4 is 10.2 Å². The molecule has 2 aliphatic rings. The smallest absolute Gasteiger partial charge is 0.0642 e. The van der Waals surface area contributed by atoms with E-state index in [2.05, 4.69) is 40.2 Å². The Hall–Kier alpha value is -1.10. The van der Waals surface area contributed by atoms with Crippen molar-refractivity contribution >= 4 is 5.69 Å². The van der Waals surface area contributed by atoms with E-state index in [4.69, 9.17) is 4.74 Å². The van der Waals surface area contributed by atoms with E-state index in [1.165, 1.54) is 16.8 Å². The van der Waals surface area contributed by atoms with Gasteiger partial charge in [-0.1, -0.05) is 12.1 Å². The third-order valence-corrected chi connectivity index (χ3v) is 4.37. The van der Waals surface area contributed by atoms with Crippen molar-refractivity contribution in [3.8, 4) is 0 Å². The molecule has 1 aromatic rings. The Bertz CT molecular complexity index is 437. The Balaban J connectivity index is 1.74. The van der Waals surface area contributed by atoms with Gasteiger partial charge in [0, 0.05) is 51.5 Å². The fraction of sp³-hybridized carbons (Fsp3) is 0.625. The number of hydrogen-bond acceptors (Lipinski definition) is 4. The minimum atomic E-state index is 0.849. The number of ether oxygens (including phenoxy) is 1. The predicted molar refractivity (Wildman–Crippen MR) is 82.4 cm³/mol. The first-order valence-electron chi connectivity index (χ1n) is 7.69. The average molecular weight is 275 g/mol. The van der Waals surface area contributed by atoms with Crippen molar-refractivity contribution in [2.45, 2.75) is 13.5 Å². The molecule has 0 bridgehead atoms. The van der Waals surface area contributed by atoms with Crippen LogP contribution in [-0.4, -0.2) is 57.4 Å². The van der Waals surface area contributed by atoms with Crippen molar-refractivity contribution in [1.29, 1.82) is 0 Å². The molecule has 2 aliphatic heterocycles. The van der Waals surface area contributed by atoms with Crippen LogP contribution in [0, 0.1) is 6.92 Å². The molecule has 1 N–H and O–H groups in total. The molecule has 4 nitrogen and oxygen atoms in total. The van der Waals surface area contributed by atoms with Crippen LogP contribution in [0.1, 0.15) is 11.1 Å². The molecule has 0 spiro atoms. The largest absolute Gasteiger partial charge is 0.378 e. The zero-order chi connectivity index (χ0) is 13.8. The van der Waals surface area contributed by atoms with E-state index in [9.17, 15) is 0 Å². The molecule has 2 saturated heterocycles. The third kappa shape index (κ3) is 3.14. The van der Waals surface area contributed by atoms with E-state index >= 15 is 0 Å². The van der Waals surface area contributed by atoms with Crippen molar-refractivity contribution in [2.75, 3.05) is 57.4 Å². The molecule has 0 saturated carbocycles. The van der Waals surface area contributed by atoms with Gasteiger partial charge >= 0.3 is 0 Å². The molecular weight excluding hydrogens is 250 g/mol. The molecule has 0 radical (unpaired) electrons. The Morgan fingerprint density at radius 3 is 2.60 bits per heavy atom. The molecular formula is C16H25N3O. The zero-order valence-electron chi connectivity index (χ0n) is 12.4. The molecule has 110 valence electrons. The first-order chi connectivity index (χ1) is 9.84. The number of rotatable bonds is 3. The number of nitrogens with zero attached hydrogens (tertiary/aromatic N) is 2. The summed E-state index contributed by atoms with van der Waals surface area (Å²) in [5.74, 6) is 0. The summed E-state index contributed by atoms with van der Waals surface area (Å²) >= 11 is 0. The Kier molecular flexibility index (Phi) is 4.55. The molecule has 2 fully saturated rings. The first kappa shape index (κ1) is 13.9. The van der Waals surface area contributed by atoms with Gasteiger partial charge in [0.1, 0.15) is 0 Å². The van der Waals surface area contributed by atoms with E-state index in [1.54, 1.807) is 0 Å². The molecule has 0 unspecified atom stereocenters. The van der Waals surface area contributed by atoms with E-state index in [1.807, 2.05) is 0 Å². The molecule has 3 rings (SSSR count). The third-order valence-electron chi connectivity index (χ3n) is 4.37. The second kappa shape index (κ2) is 6.57. The SMILES string of the molecule is Cc1c(CN2CCNCC2)cccc1N1CCOCC1. The normalized spacial score (nSPS) is 21.1. The highest BCUT2D eigenvalue weighted by Gasteiger charge is 2.16. The number of nitrogens with one attached hydrogen (secondary N) is 1. The fourth-order valence-corrected chi connectivity index (χ4v) is 3.10. The van der Waals surface area contributed by atoms with Crippen LogP contribution in [0.4, 0.5) is 5.69 Å². The highest BCUT2D eigenvalue weighted by atomic mass is 16.5. The van der Waals surface area contributed by atoms with Gasteiger partial charge in [-0.15, -0.1) is 0 Å². The van der Waals surface area contributed by atoms with Crippen molar-refractivity contribution in [2.24, 2.45) is 0 Å². The molecule has 0 amide bonds. The minimum absolute atomic E-state index is 0.849. The lowest BCUT2D eigenvalue weighted by molar-refractivity contribution is 0.122. The molecule has 0 atom stereocenters. The average Bonchev–Trinajstić information content (AvgIpc) is 2.51. The van der Waals surface area contributed by atoms with Gasteiger partial charge in [0.05, 0.1) is 13.2 Å². The van der Waals surface area contributed by atoms with Crippen LogP contribution in [0.25, 0.3) is 0 Å². The topological polar surface area (TPSA) is 27.7 Å². The van der Waals surface area contributed by atoms with Gasteiger partial charge in [0.25, 0.3) is 0 Å². The molecule has 4 heteroatoms.